The van der Waals surface area contributed by atoms with E-state index >= 15 is 0 Å². The Morgan fingerprint density at radius 3 is 2.50 bits per heavy atom. The average molecular weight is 325 g/mol. The first kappa shape index (κ1) is 17.8. The molecule has 4 nitrogen and oxygen atoms in total. The van der Waals surface area contributed by atoms with Crippen molar-refractivity contribution in [1.82, 2.24) is 0 Å². The van der Waals surface area contributed by atoms with Gasteiger partial charge in [0.1, 0.15) is 5.75 Å². The number of carbonyl (C=O) groups excluding carboxylic acids is 1. The lowest BCUT2D eigenvalue weighted by molar-refractivity contribution is -0.111. The van der Waals surface area contributed by atoms with Crippen LogP contribution in [-0.4, -0.2) is 19.8 Å². The molecule has 4 heteroatoms. The van der Waals surface area contributed by atoms with Gasteiger partial charge in [0.05, 0.1) is 0 Å². The monoisotopic (exact) mass is 325 g/mol. The lowest BCUT2D eigenvalue weighted by Gasteiger charge is -2.12. The summed E-state index contributed by atoms with van der Waals surface area (Å²) in [7, 11) is 1.58. The maximum absolute atomic E-state index is 12.1. The SMILES string of the molecule is COCOc1ccc(/C=C/C(=O)Nc2ccccc2C(C)C)cc1. The zero-order valence-electron chi connectivity index (χ0n) is 14.3. The topological polar surface area (TPSA) is 47.6 Å². The van der Waals surface area contributed by atoms with Gasteiger partial charge < -0.3 is 14.8 Å². The second-order valence-corrected chi connectivity index (χ2v) is 5.68. The zero-order valence-corrected chi connectivity index (χ0v) is 14.3. The van der Waals surface area contributed by atoms with E-state index in [0.717, 1.165) is 22.6 Å². The minimum Gasteiger partial charge on any atom is -0.468 e. The number of rotatable bonds is 7. The van der Waals surface area contributed by atoms with E-state index in [1.807, 2.05) is 48.5 Å². The predicted molar refractivity (Wildman–Crippen MR) is 97.1 cm³/mol. The number of hydrogen-bond donors (Lipinski definition) is 1. The van der Waals surface area contributed by atoms with Crippen LogP contribution in [-0.2, 0) is 9.53 Å². The van der Waals surface area contributed by atoms with Crippen LogP contribution in [0.5, 0.6) is 5.75 Å². The van der Waals surface area contributed by atoms with Crippen LogP contribution in [0, 0.1) is 0 Å². The second-order valence-electron chi connectivity index (χ2n) is 5.68. The summed E-state index contributed by atoms with van der Waals surface area (Å²) in [6, 6.07) is 15.3. The highest BCUT2D eigenvalue weighted by atomic mass is 16.7. The number of ether oxygens (including phenoxy) is 2. The molecule has 2 aromatic carbocycles. The third-order valence-corrected chi connectivity index (χ3v) is 3.49. The Balaban J connectivity index is 1.98. The van der Waals surface area contributed by atoms with Gasteiger partial charge in [-0.1, -0.05) is 44.2 Å². The van der Waals surface area contributed by atoms with Gasteiger partial charge >= 0.3 is 0 Å². The molecule has 0 aromatic heterocycles. The van der Waals surface area contributed by atoms with E-state index in [2.05, 4.69) is 19.2 Å². The number of methoxy groups -OCH3 is 1. The molecule has 0 aliphatic carbocycles. The predicted octanol–water partition coefficient (Wildman–Crippen LogP) is 4.44. The molecule has 1 amide bonds. The maximum atomic E-state index is 12.1. The summed E-state index contributed by atoms with van der Waals surface area (Å²) in [4.78, 5) is 12.1. The van der Waals surface area contributed by atoms with Crippen molar-refractivity contribution in [2.75, 3.05) is 19.2 Å². The van der Waals surface area contributed by atoms with Crippen LogP contribution in [0.2, 0.25) is 0 Å². The Bertz CT molecular complexity index is 690. The van der Waals surface area contributed by atoms with Gasteiger partial charge in [-0.25, -0.2) is 0 Å². The summed E-state index contributed by atoms with van der Waals surface area (Å²) >= 11 is 0. The number of para-hydroxylation sites is 1. The molecule has 0 bridgehead atoms. The van der Waals surface area contributed by atoms with Crippen LogP contribution in [0.4, 0.5) is 5.69 Å². The van der Waals surface area contributed by atoms with Crippen molar-refractivity contribution in [2.45, 2.75) is 19.8 Å². The molecule has 126 valence electrons. The quantitative estimate of drug-likeness (QED) is 0.604. The number of carbonyl (C=O) groups is 1. The summed E-state index contributed by atoms with van der Waals surface area (Å²) < 4.78 is 10.2. The molecule has 0 radical (unpaired) electrons. The molecule has 2 rings (SSSR count). The fraction of sp³-hybridized carbons (Fsp3) is 0.250. The molecule has 24 heavy (non-hydrogen) atoms. The molecule has 0 unspecified atom stereocenters. The summed E-state index contributed by atoms with van der Waals surface area (Å²) in [5.41, 5.74) is 2.90. The Morgan fingerprint density at radius 1 is 1.12 bits per heavy atom. The van der Waals surface area contributed by atoms with Crippen molar-refractivity contribution in [1.29, 1.82) is 0 Å². The molecule has 0 saturated heterocycles. The van der Waals surface area contributed by atoms with Crippen LogP contribution < -0.4 is 10.1 Å². The Kier molecular flexibility index (Phi) is 6.58. The van der Waals surface area contributed by atoms with Crippen molar-refractivity contribution >= 4 is 17.7 Å². The van der Waals surface area contributed by atoms with Crippen LogP contribution in [0.1, 0.15) is 30.9 Å². The van der Waals surface area contributed by atoms with E-state index in [9.17, 15) is 4.79 Å². The van der Waals surface area contributed by atoms with Gasteiger partial charge in [-0.3, -0.25) is 4.79 Å². The Morgan fingerprint density at radius 2 is 1.83 bits per heavy atom. The van der Waals surface area contributed by atoms with E-state index in [-0.39, 0.29) is 12.7 Å². The van der Waals surface area contributed by atoms with Gasteiger partial charge in [0, 0.05) is 18.9 Å². The molecular formula is C20H23NO3. The lowest BCUT2D eigenvalue weighted by Crippen LogP contribution is -2.10. The molecule has 0 aliphatic heterocycles. The third-order valence-electron chi connectivity index (χ3n) is 3.49. The zero-order chi connectivity index (χ0) is 17.4. The largest absolute Gasteiger partial charge is 0.468 e. The number of hydrogen-bond acceptors (Lipinski definition) is 3. The summed E-state index contributed by atoms with van der Waals surface area (Å²) in [6.45, 7) is 4.43. The smallest absolute Gasteiger partial charge is 0.248 e. The normalized spacial score (nSPS) is 11.0. The molecule has 0 atom stereocenters. The molecular weight excluding hydrogens is 302 g/mol. The number of benzene rings is 2. The highest BCUT2D eigenvalue weighted by Gasteiger charge is 2.07. The van der Waals surface area contributed by atoms with Gasteiger partial charge in [0.15, 0.2) is 6.79 Å². The maximum Gasteiger partial charge on any atom is 0.248 e. The van der Waals surface area contributed by atoms with E-state index < -0.39 is 0 Å². The van der Waals surface area contributed by atoms with Crippen molar-refractivity contribution in [2.24, 2.45) is 0 Å². The minimum absolute atomic E-state index is 0.150. The molecule has 0 spiro atoms. The first-order chi connectivity index (χ1) is 11.6. The standard InChI is InChI=1S/C20H23NO3/c1-15(2)18-6-4-5-7-19(18)21-20(22)13-10-16-8-11-17(12-9-16)24-14-23-3/h4-13,15H,14H2,1-3H3,(H,21,22)/b13-10+. The minimum atomic E-state index is -0.150. The van der Waals surface area contributed by atoms with Crippen molar-refractivity contribution in [3.63, 3.8) is 0 Å². The molecule has 0 aliphatic rings. The summed E-state index contributed by atoms with van der Waals surface area (Å²) in [5, 5.41) is 2.93. The highest BCUT2D eigenvalue weighted by Crippen LogP contribution is 2.23. The van der Waals surface area contributed by atoms with Crippen molar-refractivity contribution < 1.29 is 14.3 Å². The van der Waals surface area contributed by atoms with Crippen LogP contribution in [0.3, 0.4) is 0 Å². The molecule has 0 heterocycles. The average Bonchev–Trinajstić information content (AvgIpc) is 2.59. The lowest BCUT2D eigenvalue weighted by atomic mass is 10.0. The van der Waals surface area contributed by atoms with Crippen molar-refractivity contribution in [3.05, 3.63) is 65.7 Å². The van der Waals surface area contributed by atoms with Gasteiger partial charge in [-0.15, -0.1) is 0 Å². The Hall–Kier alpha value is -2.59. The fourth-order valence-electron chi connectivity index (χ4n) is 2.26. The first-order valence-electron chi connectivity index (χ1n) is 7.90. The fourth-order valence-corrected chi connectivity index (χ4v) is 2.26. The van der Waals surface area contributed by atoms with Gasteiger partial charge in [-0.05, 0) is 41.3 Å². The van der Waals surface area contributed by atoms with Crippen LogP contribution in [0.25, 0.3) is 6.08 Å². The summed E-state index contributed by atoms with van der Waals surface area (Å²) in [5.74, 6) is 0.928. The Labute approximate surface area is 143 Å². The van der Waals surface area contributed by atoms with E-state index in [0.29, 0.717) is 5.92 Å². The molecule has 1 N–H and O–H groups in total. The molecule has 2 aromatic rings. The van der Waals surface area contributed by atoms with Gasteiger partial charge in [-0.2, -0.15) is 0 Å². The van der Waals surface area contributed by atoms with Crippen LogP contribution in [0.15, 0.2) is 54.6 Å². The van der Waals surface area contributed by atoms with Crippen LogP contribution >= 0.6 is 0 Å². The number of nitrogens with one attached hydrogen (secondary N) is 1. The molecule has 0 fully saturated rings. The first-order valence-corrected chi connectivity index (χ1v) is 7.90. The van der Waals surface area contributed by atoms with E-state index in [1.165, 1.54) is 6.08 Å². The second kappa shape index (κ2) is 8.89. The number of anilines is 1. The van der Waals surface area contributed by atoms with E-state index in [1.54, 1.807) is 13.2 Å². The van der Waals surface area contributed by atoms with Crippen molar-refractivity contribution in [3.8, 4) is 5.75 Å². The summed E-state index contributed by atoms with van der Waals surface area (Å²) in [6.07, 6.45) is 3.30. The van der Waals surface area contributed by atoms with E-state index in [4.69, 9.17) is 9.47 Å². The third kappa shape index (κ3) is 5.25. The van der Waals surface area contributed by atoms with Gasteiger partial charge in [0.2, 0.25) is 5.91 Å². The number of amides is 1. The van der Waals surface area contributed by atoms with Gasteiger partial charge in [0.25, 0.3) is 0 Å². The molecule has 0 saturated carbocycles. The highest BCUT2D eigenvalue weighted by molar-refractivity contribution is 6.02.